The lowest BCUT2D eigenvalue weighted by Gasteiger charge is -2.39. The number of hydrogen-bond donors (Lipinski definition) is 4. The number of urea groups is 1. The Morgan fingerprint density at radius 1 is 0.886 bits per heavy atom. The van der Waals surface area contributed by atoms with Crippen LogP contribution in [0.3, 0.4) is 0 Å². The summed E-state index contributed by atoms with van der Waals surface area (Å²) in [4.78, 5) is 14.7. The van der Waals surface area contributed by atoms with Gasteiger partial charge in [0.25, 0.3) is 0 Å². The molecule has 1 heterocycles. The number of rotatable bonds is 11. The minimum absolute atomic E-state index is 0.0225. The summed E-state index contributed by atoms with van der Waals surface area (Å²) in [5.74, 6) is 0. The summed E-state index contributed by atoms with van der Waals surface area (Å²) in [6, 6.07) is 34.2. The highest BCUT2D eigenvalue weighted by atomic mass is 16.7. The molecule has 1 aliphatic heterocycles. The van der Waals surface area contributed by atoms with Crippen LogP contribution in [0.5, 0.6) is 0 Å². The van der Waals surface area contributed by atoms with Crippen LogP contribution >= 0.6 is 0 Å². The van der Waals surface area contributed by atoms with Gasteiger partial charge < -0.3 is 30.3 Å². The monoisotopic (exact) mass is 595 g/mol. The van der Waals surface area contributed by atoms with Crippen LogP contribution in [0, 0.1) is 0 Å². The molecule has 1 aliphatic rings. The second-order valence-electron chi connectivity index (χ2n) is 11.3. The number of carbonyl (C=O) groups is 1. The normalized spacial score (nSPS) is 19.7. The van der Waals surface area contributed by atoms with E-state index in [9.17, 15) is 15.0 Å². The van der Waals surface area contributed by atoms with Crippen molar-refractivity contribution in [3.63, 3.8) is 0 Å². The summed E-state index contributed by atoms with van der Waals surface area (Å²) in [7, 11) is 1.99. The van der Waals surface area contributed by atoms with Crippen molar-refractivity contribution in [2.24, 2.45) is 0 Å². The van der Waals surface area contributed by atoms with Crippen LogP contribution in [0.15, 0.2) is 109 Å². The first kappa shape index (κ1) is 31.4. The number of nitrogens with one attached hydrogen (secondary N) is 2. The van der Waals surface area contributed by atoms with Crippen LogP contribution in [-0.2, 0) is 22.6 Å². The third kappa shape index (κ3) is 8.31. The molecule has 8 nitrogen and oxygen atoms in total. The van der Waals surface area contributed by atoms with Crippen molar-refractivity contribution in [2.75, 3.05) is 18.9 Å². The van der Waals surface area contributed by atoms with Crippen molar-refractivity contribution in [3.05, 3.63) is 137 Å². The predicted molar refractivity (Wildman–Crippen MR) is 171 cm³/mol. The minimum Gasteiger partial charge on any atom is -0.392 e. The molecule has 5 rings (SSSR count). The zero-order chi connectivity index (χ0) is 30.9. The third-order valence-corrected chi connectivity index (χ3v) is 8.11. The second kappa shape index (κ2) is 15.1. The molecule has 0 aliphatic carbocycles. The molecule has 230 valence electrons. The first-order valence-corrected chi connectivity index (χ1v) is 15.0. The van der Waals surface area contributed by atoms with Crippen LogP contribution in [0.1, 0.15) is 59.7 Å². The molecular formula is C36H41N3O5. The molecular weight excluding hydrogens is 554 g/mol. The van der Waals surface area contributed by atoms with Gasteiger partial charge in [0.15, 0.2) is 6.29 Å². The zero-order valence-electron chi connectivity index (χ0n) is 25.2. The van der Waals surface area contributed by atoms with E-state index in [0.717, 1.165) is 27.8 Å². The van der Waals surface area contributed by atoms with E-state index in [0.29, 0.717) is 25.2 Å². The fourth-order valence-corrected chi connectivity index (χ4v) is 5.41. The van der Waals surface area contributed by atoms with Gasteiger partial charge in [0.05, 0.1) is 24.9 Å². The summed E-state index contributed by atoms with van der Waals surface area (Å²) in [6.07, 6.45) is -1.15. The van der Waals surface area contributed by atoms with Crippen molar-refractivity contribution in [1.29, 1.82) is 0 Å². The fraction of sp³-hybridized carbons (Fsp3) is 0.306. The predicted octanol–water partition coefficient (Wildman–Crippen LogP) is 6.10. The van der Waals surface area contributed by atoms with Crippen molar-refractivity contribution >= 4 is 11.7 Å². The lowest BCUT2D eigenvalue weighted by Crippen LogP contribution is -2.43. The van der Waals surface area contributed by atoms with Crippen molar-refractivity contribution in [1.82, 2.24) is 10.2 Å². The largest absolute Gasteiger partial charge is 0.392 e. The Hall–Kier alpha value is -4.05. The topological polar surface area (TPSA) is 103 Å². The van der Waals surface area contributed by atoms with E-state index in [1.807, 2.05) is 123 Å². The summed E-state index contributed by atoms with van der Waals surface area (Å²) in [6.45, 7) is 2.99. The van der Waals surface area contributed by atoms with Gasteiger partial charge in [-0.2, -0.15) is 0 Å². The lowest BCUT2D eigenvalue weighted by molar-refractivity contribution is -0.253. The highest BCUT2D eigenvalue weighted by Crippen LogP contribution is 2.39. The lowest BCUT2D eigenvalue weighted by atomic mass is 9.98. The molecule has 1 fully saturated rings. The van der Waals surface area contributed by atoms with Gasteiger partial charge in [-0.15, -0.1) is 0 Å². The van der Waals surface area contributed by atoms with E-state index in [2.05, 4.69) is 15.5 Å². The molecule has 4 N–H and O–H groups in total. The van der Waals surface area contributed by atoms with Crippen molar-refractivity contribution in [3.8, 4) is 0 Å². The molecule has 0 saturated carbocycles. The molecule has 2 amide bonds. The van der Waals surface area contributed by atoms with E-state index in [1.165, 1.54) is 0 Å². The Labute approximate surface area is 259 Å². The number of anilines is 1. The molecule has 4 aromatic carbocycles. The summed E-state index contributed by atoms with van der Waals surface area (Å²) < 4.78 is 13.0. The maximum Gasteiger partial charge on any atom is 0.319 e. The number of carbonyl (C=O) groups excluding carboxylic acids is 1. The number of benzene rings is 4. The first-order chi connectivity index (χ1) is 21.4. The Bertz CT molecular complexity index is 1470. The van der Waals surface area contributed by atoms with Crippen molar-refractivity contribution < 1.29 is 24.5 Å². The maximum absolute atomic E-state index is 12.6. The van der Waals surface area contributed by atoms with Gasteiger partial charge >= 0.3 is 6.03 Å². The van der Waals surface area contributed by atoms with Gasteiger partial charge in [0.2, 0.25) is 0 Å². The number of amides is 2. The molecule has 8 heteroatoms. The molecule has 4 aromatic rings. The van der Waals surface area contributed by atoms with Gasteiger partial charge in [0, 0.05) is 36.8 Å². The van der Waals surface area contributed by atoms with Crippen LogP contribution < -0.4 is 10.6 Å². The summed E-state index contributed by atoms with van der Waals surface area (Å²) in [5.41, 5.74) is 5.13. The highest BCUT2D eigenvalue weighted by Gasteiger charge is 2.34. The van der Waals surface area contributed by atoms with E-state index in [-0.39, 0.29) is 30.9 Å². The molecule has 5 atom stereocenters. The van der Waals surface area contributed by atoms with E-state index in [4.69, 9.17) is 9.47 Å². The number of hydrogen-bond acceptors (Lipinski definition) is 6. The zero-order valence-corrected chi connectivity index (χ0v) is 25.2. The van der Waals surface area contributed by atoms with Gasteiger partial charge in [-0.1, -0.05) is 97.1 Å². The van der Waals surface area contributed by atoms with Crippen LogP contribution in [-0.4, -0.2) is 46.9 Å². The van der Waals surface area contributed by atoms with Crippen LogP contribution in [0.25, 0.3) is 0 Å². The van der Waals surface area contributed by atoms with Crippen molar-refractivity contribution in [2.45, 2.75) is 57.1 Å². The summed E-state index contributed by atoms with van der Waals surface area (Å²) in [5, 5.41) is 26.4. The van der Waals surface area contributed by atoms with Crippen LogP contribution in [0.4, 0.5) is 10.5 Å². The third-order valence-electron chi connectivity index (χ3n) is 8.11. The Balaban J connectivity index is 1.30. The SMILES string of the molecule is CC(C(O)c1ccccc1)N(C)CC1CC(c2ccc(CO)cc2)OC(c2cccc(NC(=O)NCc3ccccc3)c2)O1. The fourth-order valence-electron chi connectivity index (χ4n) is 5.41. The Kier molecular flexibility index (Phi) is 10.8. The number of aliphatic hydroxyl groups is 2. The molecule has 0 aromatic heterocycles. The highest BCUT2D eigenvalue weighted by molar-refractivity contribution is 5.89. The molecule has 1 saturated heterocycles. The molecule has 0 bridgehead atoms. The van der Waals surface area contributed by atoms with Gasteiger partial charge in [-0.3, -0.25) is 4.90 Å². The average molecular weight is 596 g/mol. The Morgan fingerprint density at radius 3 is 2.30 bits per heavy atom. The van der Waals surface area contributed by atoms with Gasteiger partial charge in [-0.05, 0) is 48.4 Å². The number of ether oxygens (including phenoxy) is 2. The van der Waals surface area contributed by atoms with E-state index in [1.54, 1.807) is 0 Å². The summed E-state index contributed by atoms with van der Waals surface area (Å²) >= 11 is 0. The standard InChI is InChI=1S/C36H41N3O5/c1-25(34(41)29-12-7-4-8-13-29)39(2)23-32-21-33(28-18-16-27(24-40)17-19-28)44-35(43-32)30-14-9-15-31(20-30)38-36(42)37-22-26-10-5-3-6-11-26/h3-20,25,32-35,40-41H,21-24H2,1-2H3,(H2,37,38,42). The second-order valence-corrected chi connectivity index (χ2v) is 11.3. The average Bonchev–Trinajstić information content (AvgIpc) is 3.07. The molecule has 0 spiro atoms. The van der Waals surface area contributed by atoms with Crippen LogP contribution in [0.2, 0.25) is 0 Å². The molecule has 44 heavy (non-hydrogen) atoms. The van der Waals surface area contributed by atoms with Gasteiger partial charge in [-0.25, -0.2) is 4.79 Å². The minimum atomic E-state index is -0.673. The quantitative estimate of drug-likeness (QED) is 0.167. The molecule has 0 radical (unpaired) electrons. The Morgan fingerprint density at radius 2 is 1.59 bits per heavy atom. The number of likely N-dealkylation sites (N-methyl/N-ethyl adjacent to an activating group) is 1. The number of aliphatic hydroxyl groups excluding tert-OH is 2. The van der Waals surface area contributed by atoms with Gasteiger partial charge in [0.1, 0.15) is 0 Å². The van der Waals surface area contributed by atoms with E-state index < -0.39 is 12.4 Å². The first-order valence-electron chi connectivity index (χ1n) is 15.0. The van der Waals surface area contributed by atoms with E-state index >= 15 is 0 Å². The number of nitrogens with zero attached hydrogens (tertiary/aromatic N) is 1. The molecule has 5 unspecified atom stereocenters. The maximum atomic E-state index is 12.6. The smallest absolute Gasteiger partial charge is 0.319 e.